The average Bonchev–Trinajstić information content (AvgIpc) is 2.95. The minimum absolute atomic E-state index is 0.250. The van der Waals surface area contributed by atoms with Crippen molar-refractivity contribution in [2.75, 3.05) is 10.2 Å². The van der Waals surface area contributed by atoms with Crippen LogP contribution in [0.4, 0.5) is 21.5 Å². The summed E-state index contributed by atoms with van der Waals surface area (Å²) in [7, 11) is 0. The van der Waals surface area contributed by atoms with Gasteiger partial charge in [0.2, 0.25) is 0 Å². The maximum Gasteiger partial charge on any atom is 0.274 e. The number of rotatable bonds is 4. The predicted molar refractivity (Wildman–Crippen MR) is 112 cm³/mol. The molecule has 1 aliphatic rings. The Hall–Kier alpha value is -3.42. The van der Waals surface area contributed by atoms with Gasteiger partial charge in [-0.1, -0.05) is 11.6 Å². The summed E-state index contributed by atoms with van der Waals surface area (Å²) in [4.78, 5) is 26.6. The monoisotopic (exact) mass is 425 g/mol. The van der Waals surface area contributed by atoms with E-state index < -0.39 is 17.3 Å². The van der Waals surface area contributed by atoms with Gasteiger partial charge in [-0.25, -0.2) is 9.87 Å². The van der Waals surface area contributed by atoms with Crippen LogP contribution in [0.3, 0.4) is 0 Å². The molecule has 3 N–H and O–H groups in total. The number of halogens is 2. The first-order valence-electron chi connectivity index (χ1n) is 9.06. The lowest BCUT2D eigenvalue weighted by Gasteiger charge is -2.27. The van der Waals surface area contributed by atoms with Crippen molar-refractivity contribution in [2.45, 2.75) is 12.5 Å². The lowest BCUT2D eigenvalue weighted by molar-refractivity contribution is -0.121. The Bertz CT molecular complexity index is 1140. The molecule has 3 aromatic rings. The van der Waals surface area contributed by atoms with Gasteiger partial charge >= 0.3 is 0 Å². The van der Waals surface area contributed by atoms with Crippen molar-refractivity contribution in [3.05, 3.63) is 88.7 Å². The van der Waals surface area contributed by atoms with Gasteiger partial charge in [-0.3, -0.25) is 19.7 Å². The number of amides is 2. The van der Waals surface area contributed by atoms with Crippen LogP contribution in [0.2, 0.25) is 5.02 Å². The summed E-state index contributed by atoms with van der Waals surface area (Å²) in [5.41, 5.74) is 2.77. The van der Waals surface area contributed by atoms with E-state index in [4.69, 9.17) is 16.8 Å². The summed E-state index contributed by atoms with van der Waals surface area (Å²) < 4.78 is 14.1. The third-order valence-electron chi connectivity index (χ3n) is 5.10. The summed E-state index contributed by atoms with van der Waals surface area (Å²) in [6.07, 6.45) is 0. The molecule has 0 bridgehead atoms. The first-order valence-corrected chi connectivity index (χ1v) is 9.44. The molecule has 4 rings (SSSR count). The summed E-state index contributed by atoms with van der Waals surface area (Å²) in [5, 5.41) is 12.5. The zero-order valence-electron chi connectivity index (χ0n) is 15.8. The molecule has 1 atom stereocenters. The molecule has 8 heteroatoms. The van der Waals surface area contributed by atoms with Gasteiger partial charge in [-0.05, 0) is 73.7 Å². The second-order valence-corrected chi connectivity index (χ2v) is 7.48. The van der Waals surface area contributed by atoms with Gasteiger partial charge in [0.15, 0.2) is 0 Å². The largest absolute Gasteiger partial charge is 0.368 e. The minimum Gasteiger partial charge on any atom is -0.368 e. The third kappa shape index (κ3) is 3.28. The van der Waals surface area contributed by atoms with Gasteiger partial charge in [0.1, 0.15) is 11.4 Å². The molecular formula is C22H17ClFN3O3. The third-order valence-corrected chi connectivity index (χ3v) is 5.35. The number of hydrogen-bond donors (Lipinski definition) is 3. The van der Waals surface area contributed by atoms with Crippen molar-refractivity contribution >= 4 is 40.5 Å². The number of nitrogens with one attached hydrogen (secondary N) is 2. The molecule has 30 heavy (non-hydrogen) atoms. The van der Waals surface area contributed by atoms with Gasteiger partial charge in [0.05, 0.1) is 5.69 Å². The Labute approximate surface area is 176 Å². The topological polar surface area (TPSA) is 81.7 Å². The van der Waals surface area contributed by atoms with Crippen LogP contribution in [0.1, 0.15) is 22.8 Å². The van der Waals surface area contributed by atoms with Crippen LogP contribution in [0.25, 0.3) is 0 Å². The van der Waals surface area contributed by atoms with E-state index in [0.717, 1.165) is 0 Å². The molecule has 0 fully saturated rings. The summed E-state index contributed by atoms with van der Waals surface area (Å²) in [6.45, 7) is 1.68. The van der Waals surface area contributed by atoms with E-state index in [1.165, 1.54) is 29.2 Å². The molecule has 0 saturated heterocycles. The second-order valence-electron chi connectivity index (χ2n) is 7.05. The maximum absolute atomic E-state index is 14.1. The zero-order valence-corrected chi connectivity index (χ0v) is 16.6. The molecular weight excluding hydrogens is 409 g/mol. The summed E-state index contributed by atoms with van der Waals surface area (Å²) in [5.74, 6) is -1.39. The van der Waals surface area contributed by atoms with E-state index in [2.05, 4.69) is 5.32 Å². The number of nitrogens with zero attached hydrogens (tertiary/aromatic N) is 1. The Balaban J connectivity index is 1.75. The van der Waals surface area contributed by atoms with Crippen LogP contribution in [0.5, 0.6) is 0 Å². The van der Waals surface area contributed by atoms with E-state index in [-0.39, 0.29) is 11.5 Å². The van der Waals surface area contributed by atoms with E-state index in [1.54, 1.807) is 54.9 Å². The van der Waals surface area contributed by atoms with Crippen LogP contribution in [-0.2, 0) is 10.3 Å². The standard InChI is InChI=1S/C22H17ClFN3O3/c1-22(25-16-7-2-13(3-8-16)20(28)26-30)18-12-15(24)6-11-19(18)27(21(22)29)17-9-4-14(23)5-10-17/h2-12,25,30H,1H3,(H,26,28). The van der Waals surface area contributed by atoms with Gasteiger partial charge in [-0.15, -0.1) is 0 Å². The maximum atomic E-state index is 14.1. The molecule has 1 aliphatic heterocycles. The Morgan fingerprint density at radius 2 is 1.73 bits per heavy atom. The Morgan fingerprint density at radius 3 is 2.37 bits per heavy atom. The van der Waals surface area contributed by atoms with Crippen molar-refractivity contribution < 1.29 is 19.2 Å². The lowest BCUT2D eigenvalue weighted by Crippen LogP contribution is -2.42. The molecule has 2 amide bonds. The van der Waals surface area contributed by atoms with Crippen molar-refractivity contribution in [3.8, 4) is 0 Å². The van der Waals surface area contributed by atoms with Crippen molar-refractivity contribution in [2.24, 2.45) is 0 Å². The summed E-state index contributed by atoms with van der Waals surface area (Å²) >= 11 is 5.98. The van der Waals surface area contributed by atoms with E-state index in [0.29, 0.717) is 27.6 Å². The van der Waals surface area contributed by atoms with Crippen molar-refractivity contribution in [1.82, 2.24) is 5.48 Å². The quantitative estimate of drug-likeness (QED) is 0.421. The Kier molecular flexibility index (Phi) is 4.93. The van der Waals surface area contributed by atoms with Gasteiger partial charge < -0.3 is 5.32 Å². The highest BCUT2D eigenvalue weighted by molar-refractivity contribution is 6.30. The van der Waals surface area contributed by atoms with E-state index in [9.17, 15) is 14.0 Å². The Morgan fingerprint density at radius 1 is 1.07 bits per heavy atom. The predicted octanol–water partition coefficient (Wildman–Crippen LogP) is 4.60. The number of fused-ring (bicyclic) bond motifs is 1. The molecule has 0 aromatic heterocycles. The highest BCUT2D eigenvalue weighted by atomic mass is 35.5. The number of anilines is 3. The summed E-state index contributed by atoms with van der Waals surface area (Å²) in [6, 6.07) is 17.2. The molecule has 0 radical (unpaired) electrons. The molecule has 1 heterocycles. The molecule has 0 spiro atoms. The highest BCUT2D eigenvalue weighted by Gasteiger charge is 2.48. The van der Waals surface area contributed by atoms with Crippen molar-refractivity contribution in [1.29, 1.82) is 0 Å². The number of carbonyl (C=O) groups is 2. The number of hydroxylamine groups is 1. The molecule has 3 aromatic carbocycles. The SMILES string of the molecule is CC1(Nc2ccc(C(=O)NO)cc2)C(=O)N(c2ccc(Cl)cc2)c2ccc(F)cc21. The van der Waals surface area contributed by atoms with E-state index >= 15 is 0 Å². The molecule has 0 saturated carbocycles. The van der Waals surface area contributed by atoms with Crippen LogP contribution in [0, 0.1) is 5.82 Å². The fourth-order valence-corrected chi connectivity index (χ4v) is 3.70. The van der Waals surface area contributed by atoms with Gasteiger partial charge in [0.25, 0.3) is 11.8 Å². The van der Waals surface area contributed by atoms with Crippen LogP contribution >= 0.6 is 11.6 Å². The highest BCUT2D eigenvalue weighted by Crippen LogP contribution is 2.46. The number of carbonyl (C=O) groups excluding carboxylic acids is 2. The lowest BCUT2D eigenvalue weighted by atomic mass is 9.93. The molecule has 6 nitrogen and oxygen atoms in total. The number of benzene rings is 3. The molecule has 1 unspecified atom stereocenters. The normalized spacial score (nSPS) is 17.6. The van der Waals surface area contributed by atoms with Crippen LogP contribution < -0.4 is 15.7 Å². The molecule has 152 valence electrons. The zero-order chi connectivity index (χ0) is 21.5. The smallest absolute Gasteiger partial charge is 0.274 e. The second kappa shape index (κ2) is 7.44. The van der Waals surface area contributed by atoms with Gasteiger partial charge in [0, 0.05) is 27.5 Å². The average molecular weight is 426 g/mol. The fraction of sp³-hybridized carbons (Fsp3) is 0.0909. The van der Waals surface area contributed by atoms with Gasteiger partial charge in [-0.2, -0.15) is 0 Å². The minimum atomic E-state index is -1.25. The first-order chi connectivity index (χ1) is 14.3. The van der Waals surface area contributed by atoms with Crippen molar-refractivity contribution in [3.63, 3.8) is 0 Å². The van der Waals surface area contributed by atoms with E-state index in [1.807, 2.05) is 0 Å². The molecule has 0 aliphatic carbocycles. The van der Waals surface area contributed by atoms with Crippen LogP contribution in [0.15, 0.2) is 66.7 Å². The van der Waals surface area contributed by atoms with Crippen LogP contribution in [-0.4, -0.2) is 17.0 Å². The fourth-order valence-electron chi connectivity index (χ4n) is 3.58. The first kappa shape index (κ1) is 19.9. The number of hydrogen-bond acceptors (Lipinski definition) is 4.